The van der Waals surface area contributed by atoms with E-state index in [1.807, 2.05) is 12.1 Å². The normalized spacial score (nSPS) is 26.3. The van der Waals surface area contributed by atoms with Crippen LogP contribution < -0.4 is 14.8 Å². The zero-order valence-corrected chi connectivity index (χ0v) is 13.1. The Balaban J connectivity index is 2.03. The van der Waals surface area contributed by atoms with E-state index in [0.717, 1.165) is 35.4 Å². The predicted molar refractivity (Wildman–Crippen MR) is 82.4 cm³/mol. The summed E-state index contributed by atoms with van der Waals surface area (Å²) in [4.78, 5) is 0. The van der Waals surface area contributed by atoms with Crippen LogP contribution in [0.2, 0.25) is 0 Å². The fourth-order valence-electron chi connectivity index (χ4n) is 3.20. The van der Waals surface area contributed by atoms with Crippen LogP contribution in [0.4, 0.5) is 0 Å². The van der Waals surface area contributed by atoms with Crippen LogP contribution in [-0.2, 0) is 6.54 Å². The maximum atomic E-state index is 5.49. The van der Waals surface area contributed by atoms with Crippen molar-refractivity contribution in [2.24, 2.45) is 11.8 Å². The molecule has 1 fully saturated rings. The molecule has 0 amide bonds. The summed E-state index contributed by atoms with van der Waals surface area (Å²) in [7, 11) is 3.38. The highest BCUT2D eigenvalue weighted by Gasteiger charge is 2.26. The third-order valence-electron chi connectivity index (χ3n) is 4.75. The summed E-state index contributed by atoms with van der Waals surface area (Å²) < 4.78 is 10.8. The van der Waals surface area contributed by atoms with E-state index >= 15 is 0 Å². The van der Waals surface area contributed by atoms with E-state index in [-0.39, 0.29) is 0 Å². The van der Waals surface area contributed by atoms with E-state index in [0.29, 0.717) is 6.04 Å². The number of benzene rings is 1. The summed E-state index contributed by atoms with van der Waals surface area (Å²) >= 11 is 0. The Bertz CT molecular complexity index is 433. The van der Waals surface area contributed by atoms with Gasteiger partial charge in [-0.2, -0.15) is 0 Å². The molecule has 0 aromatic heterocycles. The molecule has 0 radical (unpaired) electrons. The maximum absolute atomic E-state index is 5.49. The first kappa shape index (κ1) is 15.2. The van der Waals surface area contributed by atoms with Gasteiger partial charge in [-0.25, -0.2) is 0 Å². The number of ether oxygens (including phenoxy) is 2. The lowest BCUT2D eigenvalue weighted by atomic mass is 9.78. The van der Waals surface area contributed by atoms with Crippen molar-refractivity contribution in [3.63, 3.8) is 0 Å². The zero-order valence-electron chi connectivity index (χ0n) is 13.1. The third kappa shape index (κ3) is 3.26. The summed E-state index contributed by atoms with van der Waals surface area (Å²) in [6, 6.07) is 6.67. The number of rotatable bonds is 5. The molecule has 3 atom stereocenters. The summed E-state index contributed by atoms with van der Waals surface area (Å²) in [5.41, 5.74) is 1.16. The van der Waals surface area contributed by atoms with Gasteiger partial charge in [-0.05, 0) is 24.3 Å². The monoisotopic (exact) mass is 277 g/mol. The summed E-state index contributed by atoms with van der Waals surface area (Å²) in [6.45, 7) is 5.57. The molecule has 0 bridgehead atoms. The van der Waals surface area contributed by atoms with Crippen molar-refractivity contribution in [1.82, 2.24) is 5.32 Å². The Kier molecular flexibility index (Phi) is 5.30. The van der Waals surface area contributed by atoms with E-state index < -0.39 is 0 Å². The second-order valence-corrected chi connectivity index (χ2v) is 5.91. The Morgan fingerprint density at radius 2 is 1.95 bits per heavy atom. The van der Waals surface area contributed by atoms with Gasteiger partial charge in [0.15, 0.2) is 11.5 Å². The van der Waals surface area contributed by atoms with Gasteiger partial charge in [-0.1, -0.05) is 38.8 Å². The van der Waals surface area contributed by atoms with E-state index in [4.69, 9.17) is 9.47 Å². The van der Waals surface area contributed by atoms with Gasteiger partial charge >= 0.3 is 0 Å². The molecule has 20 heavy (non-hydrogen) atoms. The first-order valence-electron chi connectivity index (χ1n) is 7.60. The Labute approximate surface area is 122 Å². The lowest BCUT2D eigenvalue weighted by Crippen LogP contribution is -2.40. The fraction of sp³-hybridized carbons (Fsp3) is 0.647. The number of para-hydroxylation sites is 1. The molecule has 3 heteroatoms. The fourth-order valence-corrected chi connectivity index (χ4v) is 3.20. The van der Waals surface area contributed by atoms with Crippen LogP contribution in [0.25, 0.3) is 0 Å². The molecule has 1 aliphatic rings. The van der Waals surface area contributed by atoms with Crippen molar-refractivity contribution in [1.29, 1.82) is 0 Å². The van der Waals surface area contributed by atoms with Gasteiger partial charge < -0.3 is 14.8 Å². The van der Waals surface area contributed by atoms with Crippen molar-refractivity contribution in [2.45, 2.75) is 45.7 Å². The van der Waals surface area contributed by atoms with E-state index in [1.165, 1.54) is 19.3 Å². The Morgan fingerprint density at radius 3 is 2.65 bits per heavy atom. The van der Waals surface area contributed by atoms with E-state index in [1.54, 1.807) is 14.2 Å². The molecule has 2 rings (SSSR count). The summed E-state index contributed by atoms with van der Waals surface area (Å²) in [6.07, 6.45) is 3.97. The van der Waals surface area contributed by atoms with Gasteiger partial charge in [0.1, 0.15) is 0 Å². The minimum atomic E-state index is 0.606. The highest BCUT2D eigenvalue weighted by Crippen LogP contribution is 2.32. The lowest BCUT2D eigenvalue weighted by Gasteiger charge is -2.35. The average Bonchev–Trinajstić information content (AvgIpc) is 2.48. The van der Waals surface area contributed by atoms with Gasteiger partial charge in [0.25, 0.3) is 0 Å². The van der Waals surface area contributed by atoms with Crippen LogP contribution in [0.15, 0.2) is 18.2 Å². The predicted octanol–water partition coefficient (Wildman–Crippen LogP) is 3.62. The molecule has 112 valence electrons. The smallest absolute Gasteiger partial charge is 0.165 e. The highest BCUT2D eigenvalue weighted by molar-refractivity contribution is 5.46. The van der Waals surface area contributed by atoms with Crippen LogP contribution >= 0.6 is 0 Å². The molecule has 1 N–H and O–H groups in total. The third-order valence-corrected chi connectivity index (χ3v) is 4.75. The van der Waals surface area contributed by atoms with Crippen molar-refractivity contribution < 1.29 is 9.47 Å². The topological polar surface area (TPSA) is 30.5 Å². The van der Waals surface area contributed by atoms with Crippen molar-refractivity contribution in [3.05, 3.63) is 23.8 Å². The maximum Gasteiger partial charge on any atom is 0.165 e. The molecule has 1 aliphatic carbocycles. The molecule has 0 heterocycles. The summed E-state index contributed by atoms with van der Waals surface area (Å²) in [5.74, 6) is 3.20. The molecule has 3 nitrogen and oxygen atoms in total. The minimum Gasteiger partial charge on any atom is -0.493 e. The van der Waals surface area contributed by atoms with Crippen LogP contribution in [0, 0.1) is 11.8 Å². The van der Waals surface area contributed by atoms with Crippen LogP contribution in [0.1, 0.15) is 38.7 Å². The standard InChI is InChI=1S/C17H27NO2/c1-12-7-5-9-15(13(12)2)18-11-14-8-6-10-16(19-3)17(14)20-4/h6,8,10,12-13,15,18H,5,7,9,11H2,1-4H3. The highest BCUT2D eigenvalue weighted by atomic mass is 16.5. The van der Waals surface area contributed by atoms with Crippen molar-refractivity contribution in [2.75, 3.05) is 14.2 Å². The molecule has 0 spiro atoms. The summed E-state index contributed by atoms with van der Waals surface area (Å²) in [5, 5.41) is 3.71. The Hall–Kier alpha value is -1.22. The molecule has 3 unspecified atom stereocenters. The zero-order chi connectivity index (χ0) is 14.5. The van der Waals surface area contributed by atoms with Gasteiger partial charge in [0.2, 0.25) is 0 Å². The largest absolute Gasteiger partial charge is 0.493 e. The molecule has 1 saturated carbocycles. The molecular formula is C17H27NO2. The second kappa shape index (κ2) is 6.98. The average molecular weight is 277 g/mol. The molecular weight excluding hydrogens is 250 g/mol. The molecule has 1 aromatic carbocycles. The van der Waals surface area contributed by atoms with Gasteiger partial charge in [-0.15, -0.1) is 0 Å². The molecule has 0 aliphatic heterocycles. The number of hydrogen-bond donors (Lipinski definition) is 1. The van der Waals surface area contributed by atoms with Gasteiger partial charge in [0, 0.05) is 18.2 Å². The molecule has 0 saturated heterocycles. The number of nitrogens with one attached hydrogen (secondary N) is 1. The first-order valence-corrected chi connectivity index (χ1v) is 7.60. The van der Waals surface area contributed by atoms with Crippen LogP contribution in [0.3, 0.4) is 0 Å². The van der Waals surface area contributed by atoms with Crippen molar-refractivity contribution in [3.8, 4) is 11.5 Å². The number of hydrogen-bond acceptors (Lipinski definition) is 3. The minimum absolute atomic E-state index is 0.606. The Morgan fingerprint density at radius 1 is 1.15 bits per heavy atom. The van der Waals surface area contributed by atoms with Crippen LogP contribution in [-0.4, -0.2) is 20.3 Å². The van der Waals surface area contributed by atoms with Crippen molar-refractivity contribution >= 4 is 0 Å². The number of methoxy groups -OCH3 is 2. The van der Waals surface area contributed by atoms with Crippen LogP contribution in [0.5, 0.6) is 11.5 Å². The van der Waals surface area contributed by atoms with Gasteiger partial charge in [-0.3, -0.25) is 0 Å². The van der Waals surface area contributed by atoms with E-state index in [9.17, 15) is 0 Å². The first-order chi connectivity index (χ1) is 9.67. The lowest BCUT2D eigenvalue weighted by molar-refractivity contribution is 0.205. The van der Waals surface area contributed by atoms with E-state index in [2.05, 4.69) is 25.2 Å². The second-order valence-electron chi connectivity index (χ2n) is 5.91. The quantitative estimate of drug-likeness (QED) is 0.891. The van der Waals surface area contributed by atoms with Gasteiger partial charge in [0.05, 0.1) is 14.2 Å². The SMILES string of the molecule is COc1cccc(CNC2CCCC(C)C2C)c1OC. The molecule has 1 aromatic rings.